The maximum absolute atomic E-state index is 12.5. The summed E-state index contributed by atoms with van der Waals surface area (Å²) in [5, 5.41) is 9.47. The van der Waals surface area contributed by atoms with Crippen molar-refractivity contribution in [3.8, 4) is 11.8 Å². The van der Waals surface area contributed by atoms with Crippen LogP contribution in [0.1, 0.15) is 37.3 Å². The summed E-state index contributed by atoms with van der Waals surface area (Å²) in [6, 6.07) is 5.24. The number of aliphatic hydroxyl groups is 1. The molecule has 1 saturated heterocycles. The molecule has 2 atom stereocenters. The Morgan fingerprint density at radius 3 is 2.59 bits per heavy atom. The number of hydrogen-bond acceptors (Lipinski definition) is 2. The van der Waals surface area contributed by atoms with Crippen LogP contribution >= 0.6 is 0 Å². The second-order valence-corrected chi connectivity index (χ2v) is 5.73. The molecule has 1 aliphatic rings. The third-order valence-corrected chi connectivity index (χ3v) is 3.84. The molecule has 0 amide bonds. The average Bonchev–Trinajstić information content (AvgIpc) is 2.85. The summed E-state index contributed by atoms with van der Waals surface area (Å²) < 4.78 is 37.4. The number of halogens is 3. The Labute approximate surface area is 128 Å². The highest BCUT2D eigenvalue weighted by Crippen LogP contribution is 2.29. The summed E-state index contributed by atoms with van der Waals surface area (Å²) in [5.41, 5.74) is -0.0751. The molecule has 0 saturated carbocycles. The Hall–Kier alpha value is -1.51. The van der Waals surface area contributed by atoms with Crippen molar-refractivity contribution in [3.63, 3.8) is 0 Å². The molecule has 22 heavy (non-hydrogen) atoms. The van der Waals surface area contributed by atoms with E-state index in [0.29, 0.717) is 18.2 Å². The monoisotopic (exact) mass is 311 g/mol. The molecule has 1 aliphatic heterocycles. The van der Waals surface area contributed by atoms with Gasteiger partial charge in [0.2, 0.25) is 0 Å². The minimum atomic E-state index is -4.31. The fourth-order valence-corrected chi connectivity index (χ4v) is 2.75. The highest BCUT2D eigenvalue weighted by molar-refractivity contribution is 5.37. The predicted molar refractivity (Wildman–Crippen MR) is 79.2 cm³/mol. The van der Waals surface area contributed by atoms with E-state index in [0.717, 1.165) is 37.9 Å². The van der Waals surface area contributed by atoms with Crippen LogP contribution in [-0.4, -0.2) is 35.2 Å². The molecule has 5 heteroatoms. The van der Waals surface area contributed by atoms with Gasteiger partial charge in [0.05, 0.1) is 18.2 Å². The average molecular weight is 311 g/mol. The second kappa shape index (κ2) is 7.17. The molecule has 1 heterocycles. The van der Waals surface area contributed by atoms with Gasteiger partial charge in [-0.1, -0.05) is 11.8 Å². The standard InChI is InChI=1S/C17H20F3NO/c1-13(22)12-16-5-3-11-21(16)10-2-4-14-6-8-15(9-7-14)17(18,19)20/h6-9,13,16,22H,3,5,10-12H2,1H3. The smallest absolute Gasteiger partial charge is 0.393 e. The molecular weight excluding hydrogens is 291 g/mol. The minimum absolute atomic E-state index is 0.325. The summed E-state index contributed by atoms with van der Waals surface area (Å²) in [4.78, 5) is 2.23. The largest absolute Gasteiger partial charge is 0.416 e. The van der Waals surface area contributed by atoms with E-state index >= 15 is 0 Å². The number of hydrogen-bond donors (Lipinski definition) is 1. The van der Waals surface area contributed by atoms with Crippen molar-refractivity contribution in [3.05, 3.63) is 35.4 Å². The predicted octanol–water partition coefficient (Wildman–Crippen LogP) is 3.29. The van der Waals surface area contributed by atoms with Crippen LogP contribution in [-0.2, 0) is 6.18 Å². The fourth-order valence-electron chi connectivity index (χ4n) is 2.75. The molecule has 0 spiro atoms. The number of rotatable bonds is 3. The molecule has 1 fully saturated rings. The molecule has 0 bridgehead atoms. The van der Waals surface area contributed by atoms with Gasteiger partial charge in [0.15, 0.2) is 0 Å². The fraction of sp³-hybridized carbons (Fsp3) is 0.529. The second-order valence-electron chi connectivity index (χ2n) is 5.73. The quantitative estimate of drug-likeness (QED) is 0.866. The summed E-state index contributed by atoms with van der Waals surface area (Å²) in [7, 11) is 0. The van der Waals surface area contributed by atoms with Crippen LogP contribution in [0.4, 0.5) is 13.2 Å². The normalized spacial score (nSPS) is 20.5. The van der Waals surface area contributed by atoms with Gasteiger partial charge in [-0.3, -0.25) is 4.90 Å². The van der Waals surface area contributed by atoms with Crippen molar-refractivity contribution in [1.82, 2.24) is 4.90 Å². The molecule has 2 unspecified atom stereocenters. The van der Waals surface area contributed by atoms with Crippen LogP contribution in [0.2, 0.25) is 0 Å². The first-order chi connectivity index (χ1) is 10.4. The molecule has 1 aromatic carbocycles. The van der Waals surface area contributed by atoms with Gasteiger partial charge in [-0.05, 0) is 57.0 Å². The van der Waals surface area contributed by atoms with E-state index in [4.69, 9.17) is 0 Å². The summed E-state index contributed by atoms with van der Waals surface area (Å²) in [5.74, 6) is 5.92. The Bertz CT molecular complexity index is 540. The minimum Gasteiger partial charge on any atom is -0.393 e. The zero-order valence-corrected chi connectivity index (χ0v) is 12.5. The number of alkyl halides is 3. The van der Waals surface area contributed by atoms with E-state index < -0.39 is 11.7 Å². The van der Waals surface area contributed by atoms with E-state index in [-0.39, 0.29) is 6.10 Å². The lowest BCUT2D eigenvalue weighted by atomic mass is 10.1. The van der Waals surface area contributed by atoms with Crippen molar-refractivity contribution in [2.24, 2.45) is 0 Å². The van der Waals surface area contributed by atoms with Crippen LogP contribution in [0.3, 0.4) is 0 Å². The number of benzene rings is 1. The Balaban J connectivity index is 1.93. The lowest BCUT2D eigenvalue weighted by Gasteiger charge is -2.23. The maximum atomic E-state index is 12.5. The molecule has 0 aromatic heterocycles. The first kappa shape index (κ1) is 16.9. The van der Waals surface area contributed by atoms with E-state index in [9.17, 15) is 18.3 Å². The first-order valence-corrected chi connectivity index (χ1v) is 7.44. The Morgan fingerprint density at radius 1 is 1.32 bits per heavy atom. The third kappa shape index (κ3) is 4.75. The van der Waals surface area contributed by atoms with Crippen LogP contribution in [0, 0.1) is 11.8 Å². The third-order valence-electron chi connectivity index (χ3n) is 3.84. The zero-order chi connectivity index (χ0) is 16.2. The molecule has 120 valence electrons. The maximum Gasteiger partial charge on any atom is 0.416 e. The number of likely N-dealkylation sites (tertiary alicyclic amines) is 1. The molecule has 2 nitrogen and oxygen atoms in total. The summed E-state index contributed by atoms with van der Waals surface area (Å²) >= 11 is 0. The first-order valence-electron chi connectivity index (χ1n) is 7.44. The Kier molecular flexibility index (Phi) is 5.49. The summed E-state index contributed by atoms with van der Waals surface area (Å²) in [6.45, 7) is 3.32. The molecule has 0 aliphatic carbocycles. The van der Waals surface area contributed by atoms with Crippen molar-refractivity contribution < 1.29 is 18.3 Å². The Morgan fingerprint density at radius 2 is 2.00 bits per heavy atom. The van der Waals surface area contributed by atoms with Crippen LogP contribution in [0.25, 0.3) is 0 Å². The summed E-state index contributed by atoms with van der Waals surface area (Å²) in [6.07, 6.45) is -1.74. The van der Waals surface area contributed by atoms with Crippen LogP contribution in [0.5, 0.6) is 0 Å². The van der Waals surface area contributed by atoms with Crippen molar-refractivity contribution in [1.29, 1.82) is 0 Å². The molecular formula is C17H20F3NO. The highest BCUT2D eigenvalue weighted by atomic mass is 19.4. The van der Waals surface area contributed by atoms with Gasteiger partial charge in [-0.2, -0.15) is 13.2 Å². The van der Waals surface area contributed by atoms with Crippen LogP contribution < -0.4 is 0 Å². The van der Waals surface area contributed by atoms with Gasteiger partial charge < -0.3 is 5.11 Å². The van der Waals surface area contributed by atoms with Gasteiger partial charge in [0.1, 0.15) is 0 Å². The molecule has 1 aromatic rings. The van der Waals surface area contributed by atoms with Crippen LogP contribution in [0.15, 0.2) is 24.3 Å². The highest BCUT2D eigenvalue weighted by Gasteiger charge is 2.29. The lowest BCUT2D eigenvalue weighted by Crippen LogP contribution is -2.32. The van der Waals surface area contributed by atoms with E-state index in [1.807, 2.05) is 0 Å². The van der Waals surface area contributed by atoms with Gasteiger partial charge >= 0.3 is 6.18 Å². The van der Waals surface area contributed by atoms with E-state index in [1.165, 1.54) is 12.1 Å². The van der Waals surface area contributed by atoms with E-state index in [1.54, 1.807) is 6.92 Å². The molecule has 0 radical (unpaired) electrons. The van der Waals surface area contributed by atoms with Crippen molar-refractivity contribution in [2.75, 3.05) is 13.1 Å². The van der Waals surface area contributed by atoms with Crippen molar-refractivity contribution in [2.45, 2.75) is 44.5 Å². The topological polar surface area (TPSA) is 23.5 Å². The number of nitrogens with zero attached hydrogens (tertiary/aromatic N) is 1. The van der Waals surface area contributed by atoms with Gasteiger partial charge in [0, 0.05) is 11.6 Å². The van der Waals surface area contributed by atoms with Gasteiger partial charge in [-0.15, -0.1) is 0 Å². The van der Waals surface area contributed by atoms with Crippen molar-refractivity contribution >= 4 is 0 Å². The van der Waals surface area contributed by atoms with E-state index in [2.05, 4.69) is 16.7 Å². The van der Waals surface area contributed by atoms with Gasteiger partial charge in [-0.25, -0.2) is 0 Å². The molecule has 2 rings (SSSR count). The molecule has 1 N–H and O–H groups in total. The van der Waals surface area contributed by atoms with Gasteiger partial charge in [0.25, 0.3) is 0 Å². The lowest BCUT2D eigenvalue weighted by molar-refractivity contribution is -0.137. The zero-order valence-electron chi connectivity index (χ0n) is 12.5. The SMILES string of the molecule is CC(O)CC1CCCN1CC#Cc1ccc(C(F)(F)F)cc1. The number of aliphatic hydroxyl groups excluding tert-OH is 1.